The van der Waals surface area contributed by atoms with Gasteiger partial charge in [-0.3, -0.25) is 4.72 Å². The molecule has 0 aliphatic rings. The smallest absolute Gasteiger partial charge is 0.299 e. The van der Waals surface area contributed by atoms with Gasteiger partial charge in [-0.2, -0.15) is 17.5 Å². The van der Waals surface area contributed by atoms with Gasteiger partial charge in [-0.05, 0) is 58.4 Å². The molecule has 1 heterocycles. The lowest BCUT2D eigenvalue weighted by Crippen LogP contribution is -2.32. The Morgan fingerprint density at radius 2 is 2.11 bits per heavy atom. The van der Waals surface area contributed by atoms with Gasteiger partial charge in [-0.25, -0.2) is 4.39 Å². The Morgan fingerprint density at radius 1 is 1.32 bits per heavy atom. The van der Waals surface area contributed by atoms with Crippen molar-refractivity contribution in [2.45, 2.75) is 0 Å². The summed E-state index contributed by atoms with van der Waals surface area (Å²) in [5.74, 6) is -0.255. The molecule has 0 aliphatic carbocycles. The van der Waals surface area contributed by atoms with E-state index in [1.54, 1.807) is 24.4 Å². The van der Waals surface area contributed by atoms with Gasteiger partial charge in [-0.15, -0.1) is 0 Å². The molecule has 0 amide bonds. The van der Waals surface area contributed by atoms with E-state index < -0.39 is 16.0 Å². The van der Waals surface area contributed by atoms with Crippen molar-refractivity contribution in [2.75, 3.05) is 30.3 Å². The molecule has 4 N–H and O–H groups in total. The molecule has 0 unspecified atom stereocenters. The van der Waals surface area contributed by atoms with E-state index in [1.165, 1.54) is 13.2 Å². The van der Waals surface area contributed by atoms with Crippen LogP contribution in [-0.2, 0) is 10.2 Å². The maximum absolute atomic E-state index is 14.4. The van der Waals surface area contributed by atoms with Gasteiger partial charge in [0.2, 0.25) is 0 Å². The number of anilines is 3. The Labute approximate surface area is 178 Å². The molecule has 0 fully saturated rings. The summed E-state index contributed by atoms with van der Waals surface area (Å²) in [5.41, 5.74) is 0.584. The van der Waals surface area contributed by atoms with E-state index in [0.29, 0.717) is 15.8 Å². The highest BCUT2D eigenvalue weighted by Crippen LogP contribution is 2.43. The third-order valence-corrected chi connectivity index (χ3v) is 6.22. The van der Waals surface area contributed by atoms with Crippen LogP contribution in [0.15, 0.2) is 30.5 Å². The number of nitrogens with one attached hydrogen (secondary N) is 3. The van der Waals surface area contributed by atoms with Crippen molar-refractivity contribution in [3.63, 3.8) is 0 Å². The van der Waals surface area contributed by atoms with Gasteiger partial charge >= 0.3 is 0 Å². The number of fused-ring (bicyclic) bond motifs is 1. The topological polar surface area (TPSA) is 113 Å². The monoisotopic (exact) mass is 538 g/mol. The number of aliphatic hydroxyl groups is 1. The lowest BCUT2D eigenvalue weighted by Gasteiger charge is -2.18. The van der Waals surface area contributed by atoms with Crippen molar-refractivity contribution in [2.24, 2.45) is 0 Å². The molecular weight excluding hydrogens is 522 g/mol. The van der Waals surface area contributed by atoms with E-state index in [9.17, 15) is 12.8 Å². The first-order chi connectivity index (χ1) is 13.3. The Kier molecular flexibility index (Phi) is 6.54. The molecule has 0 saturated carbocycles. The summed E-state index contributed by atoms with van der Waals surface area (Å²) in [7, 11) is -2.61. The number of aliphatic hydroxyl groups excluding tert-OH is 1. The molecule has 0 atom stereocenters. The third-order valence-electron chi connectivity index (χ3n) is 3.66. The highest BCUT2D eigenvalue weighted by Gasteiger charge is 2.21. The maximum Gasteiger partial charge on any atom is 0.299 e. The van der Waals surface area contributed by atoms with E-state index in [0.717, 1.165) is 15.1 Å². The predicted octanol–water partition coefficient (Wildman–Crippen LogP) is 3.03. The number of benzene rings is 2. The van der Waals surface area contributed by atoms with Crippen LogP contribution in [0.25, 0.3) is 10.1 Å². The third kappa shape index (κ3) is 4.63. The minimum absolute atomic E-state index is 0.0997. The van der Waals surface area contributed by atoms with Crippen LogP contribution in [0.5, 0.6) is 5.75 Å². The zero-order valence-electron chi connectivity index (χ0n) is 14.5. The summed E-state index contributed by atoms with van der Waals surface area (Å²) in [6.45, 7) is -0.514. The Balaban J connectivity index is 2.14. The first kappa shape index (κ1) is 21.0. The molecule has 28 heavy (non-hydrogen) atoms. The molecule has 1 aromatic heterocycles. The summed E-state index contributed by atoms with van der Waals surface area (Å²) in [4.78, 5) is 0. The summed E-state index contributed by atoms with van der Waals surface area (Å²) in [6, 6.07) is 6.28. The normalized spacial score (nSPS) is 11.6. The molecule has 0 saturated heterocycles. The quantitative estimate of drug-likeness (QED) is 0.328. The molecule has 3 aromatic rings. The highest BCUT2D eigenvalue weighted by atomic mass is 127. The van der Waals surface area contributed by atoms with E-state index in [4.69, 9.17) is 9.84 Å². The van der Waals surface area contributed by atoms with Crippen LogP contribution >= 0.6 is 34.1 Å². The molecular formula is C16H16FIN4O4S2. The van der Waals surface area contributed by atoms with Crippen molar-refractivity contribution < 1.29 is 22.7 Å². The first-order valence-corrected chi connectivity index (χ1v) is 11.2. The van der Waals surface area contributed by atoms with Gasteiger partial charge in [-0.1, -0.05) is 0 Å². The molecule has 2 aromatic carbocycles. The number of halogens is 2. The van der Waals surface area contributed by atoms with Gasteiger partial charge in [0, 0.05) is 21.7 Å². The van der Waals surface area contributed by atoms with Crippen LogP contribution < -0.4 is 19.5 Å². The minimum atomic E-state index is -4.00. The number of rotatable bonds is 8. The number of hydrogen-bond donors (Lipinski definition) is 4. The van der Waals surface area contributed by atoms with Crippen molar-refractivity contribution >= 4 is 71.5 Å². The number of methoxy groups -OCH3 is 1. The zero-order chi connectivity index (χ0) is 20.3. The minimum Gasteiger partial charge on any atom is -0.494 e. The van der Waals surface area contributed by atoms with Crippen molar-refractivity contribution in [1.29, 1.82) is 0 Å². The van der Waals surface area contributed by atoms with Crippen LogP contribution in [0, 0.1) is 9.39 Å². The average molecular weight is 538 g/mol. The second-order valence-corrected chi connectivity index (χ2v) is 9.09. The van der Waals surface area contributed by atoms with Crippen molar-refractivity contribution in [3.05, 3.63) is 39.8 Å². The van der Waals surface area contributed by atoms with Crippen molar-refractivity contribution in [1.82, 2.24) is 9.10 Å². The number of nitrogens with zero attached hydrogens (tertiary/aromatic N) is 1. The van der Waals surface area contributed by atoms with Gasteiger partial charge in [0.25, 0.3) is 10.2 Å². The van der Waals surface area contributed by atoms with Gasteiger partial charge in [0.05, 0.1) is 29.8 Å². The Morgan fingerprint density at radius 3 is 2.79 bits per heavy atom. The fourth-order valence-electron chi connectivity index (χ4n) is 2.45. The fourth-order valence-corrected chi connectivity index (χ4v) is 4.54. The summed E-state index contributed by atoms with van der Waals surface area (Å²) < 4.78 is 54.4. The van der Waals surface area contributed by atoms with Gasteiger partial charge in [0.15, 0.2) is 0 Å². The molecule has 0 spiro atoms. The Bertz CT molecular complexity index is 1110. The summed E-state index contributed by atoms with van der Waals surface area (Å²) in [5, 5.41) is 12.5. The van der Waals surface area contributed by atoms with E-state index in [2.05, 4.69) is 19.1 Å². The predicted molar refractivity (Wildman–Crippen MR) is 116 cm³/mol. The molecule has 3 rings (SSSR count). The first-order valence-electron chi connectivity index (χ1n) is 7.90. The SMILES string of the molecule is COc1cc2cnsc2c(Nc2ccc(I)cc2F)c1NS(=O)(=O)NCCO. The fraction of sp³-hybridized carbons (Fsp3) is 0.188. The summed E-state index contributed by atoms with van der Waals surface area (Å²) >= 11 is 3.13. The highest BCUT2D eigenvalue weighted by molar-refractivity contribution is 14.1. The van der Waals surface area contributed by atoms with E-state index >= 15 is 0 Å². The van der Waals surface area contributed by atoms with Crippen LogP contribution in [0.3, 0.4) is 0 Å². The lowest BCUT2D eigenvalue weighted by atomic mass is 10.2. The van der Waals surface area contributed by atoms with Gasteiger partial charge in [0.1, 0.15) is 17.3 Å². The second kappa shape index (κ2) is 8.73. The standard InChI is InChI=1S/C16H16FIN4O4S2/c1-26-13-6-9-8-19-27-16(9)15(14(13)22-28(24,25)20-4-5-23)21-12-3-2-10(18)7-11(12)17/h2-3,6-8,20-23H,4-5H2,1H3. The van der Waals surface area contributed by atoms with Crippen LogP contribution in [-0.4, -0.2) is 38.2 Å². The maximum atomic E-state index is 14.4. The molecule has 0 aliphatic heterocycles. The molecule has 150 valence electrons. The molecule has 12 heteroatoms. The largest absolute Gasteiger partial charge is 0.494 e. The number of aromatic nitrogens is 1. The number of hydrogen-bond acceptors (Lipinski definition) is 7. The lowest BCUT2D eigenvalue weighted by molar-refractivity contribution is 0.301. The van der Waals surface area contributed by atoms with Crippen LogP contribution in [0.4, 0.5) is 21.5 Å². The number of ether oxygens (including phenoxy) is 1. The van der Waals surface area contributed by atoms with Crippen LogP contribution in [0.2, 0.25) is 0 Å². The van der Waals surface area contributed by atoms with E-state index in [-0.39, 0.29) is 30.3 Å². The zero-order valence-corrected chi connectivity index (χ0v) is 18.3. The van der Waals surface area contributed by atoms with E-state index in [1.807, 2.05) is 22.6 Å². The van der Waals surface area contributed by atoms with Crippen molar-refractivity contribution in [3.8, 4) is 5.75 Å². The molecule has 8 nitrogen and oxygen atoms in total. The average Bonchev–Trinajstić information content (AvgIpc) is 3.11. The molecule has 0 bridgehead atoms. The Hall–Kier alpha value is -1.74. The van der Waals surface area contributed by atoms with Crippen LogP contribution in [0.1, 0.15) is 0 Å². The van der Waals surface area contributed by atoms with Gasteiger partial charge < -0.3 is 15.2 Å². The second-order valence-electron chi connectivity index (χ2n) is 5.55. The summed E-state index contributed by atoms with van der Waals surface area (Å²) in [6.07, 6.45) is 1.61. The molecule has 0 radical (unpaired) electrons.